The second kappa shape index (κ2) is 8.02. The molecular formula is C23H30N8O3. The molecule has 11 heteroatoms. The van der Waals surface area contributed by atoms with E-state index in [2.05, 4.69) is 35.7 Å². The highest BCUT2D eigenvalue weighted by Crippen LogP contribution is 2.56. The maximum absolute atomic E-state index is 12.4. The Morgan fingerprint density at radius 1 is 1.26 bits per heavy atom. The Kier molecular flexibility index (Phi) is 5.07. The summed E-state index contributed by atoms with van der Waals surface area (Å²) in [6.45, 7) is 1.19. The predicted octanol–water partition coefficient (Wildman–Crippen LogP) is 1.65. The number of carbonyl (C=O) groups is 1. The molecule has 0 aromatic carbocycles. The van der Waals surface area contributed by atoms with Crippen molar-refractivity contribution in [3.63, 3.8) is 0 Å². The van der Waals surface area contributed by atoms with Gasteiger partial charge in [-0.25, -0.2) is 9.97 Å². The van der Waals surface area contributed by atoms with Crippen molar-refractivity contribution in [2.24, 2.45) is 17.8 Å². The van der Waals surface area contributed by atoms with E-state index in [-0.39, 0.29) is 11.9 Å². The van der Waals surface area contributed by atoms with Crippen molar-refractivity contribution < 1.29 is 14.4 Å². The summed E-state index contributed by atoms with van der Waals surface area (Å²) < 4.78 is 5.28. The Morgan fingerprint density at radius 3 is 2.79 bits per heavy atom. The molecule has 4 aliphatic rings. The van der Waals surface area contributed by atoms with Gasteiger partial charge >= 0.3 is 11.8 Å². The summed E-state index contributed by atoms with van der Waals surface area (Å²) >= 11 is 0. The number of nitrogens with zero attached hydrogens (tertiary/aromatic N) is 5. The van der Waals surface area contributed by atoms with Gasteiger partial charge in [0.25, 0.3) is 0 Å². The van der Waals surface area contributed by atoms with E-state index in [1.807, 2.05) is 19.0 Å². The van der Waals surface area contributed by atoms with E-state index in [0.717, 1.165) is 43.3 Å². The van der Waals surface area contributed by atoms with Crippen molar-refractivity contribution in [3.05, 3.63) is 18.4 Å². The Morgan fingerprint density at radius 2 is 2.06 bits per heavy atom. The zero-order valence-electron chi connectivity index (χ0n) is 19.4. The van der Waals surface area contributed by atoms with Gasteiger partial charge in [0.2, 0.25) is 5.82 Å². The minimum absolute atomic E-state index is 0.0822. The third-order valence-electron chi connectivity index (χ3n) is 7.71. The van der Waals surface area contributed by atoms with Gasteiger partial charge in [0.1, 0.15) is 5.52 Å². The fraction of sp³-hybridized carbons (Fsp3) is 0.609. The fourth-order valence-corrected chi connectivity index (χ4v) is 6.49. The maximum atomic E-state index is 12.4. The van der Waals surface area contributed by atoms with Crippen LogP contribution in [0.25, 0.3) is 22.6 Å². The van der Waals surface area contributed by atoms with E-state index in [9.17, 15) is 9.90 Å². The summed E-state index contributed by atoms with van der Waals surface area (Å²) in [7, 11) is 3.88. The van der Waals surface area contributed by atoms with Crippen LogP contribution in [-0.2, 0) is 0 Å². The molecule has 11 nitrogen and oxygen atoms in total. The normalized spacial score (nSPS) is 29.8. The minimum atomic E-state index is -0.498. The molecule has 180 valence electrons. The van der Waals surface area contributed by atoms with Crippen molar-refractivity contribution in [2.75, 3.05) is 32.5 Å². The molecule has 4 bridgehead atoms. The molecule has 4 aliphatic carbocycles. The molecule has 7 rings (SSSR count). The molecular weight excluding hydrogens is 436 g/mol. The highest BCUT2D eigenvalue weighted by atomic mass is 16.5. The number of fused-ring (bicyclic) bond motifs is 1. The average molecular weight is 467 g/mol. The van der Waals surface area contributed by atoms with Gasteiger partial charge < -0.3 is 30.1 Å². The molecule has 4 N–H and O–H groups in total. The number of anilines is 1. The van der Waals surface area contributed by atoms with Crippen molar-refractivity contribution in [1.29, 1.82) is 0 Å². The summed E-state index contributed by atoms with van der Waals surface area (Å²) in [5.41, 5.74) is 2.33. The van der Waals surface area contributed by atoms with Gasteiger partial charge in [0.15, 0.2) is 5.65 Å². The van der Waals surface area contributed by atoms with Gasteiger partial charge in [-0.3, -0.25) is 4.79 Å². The summed E-state index contributed by atoms with van der Waals surface area (Å²) in [6.07, 6.45) is 8.19. The lowest BCUT2D eigenvalue weighted by molar-refractivity contribution is -0.129. The second-order valence-electron chi connectivity index (χ2n) is 10.5. The first-order valence-corrected chi connectivity index (χ1v) is 12.0. The standard InChI is InChI=1S/C23H30N8O3/c1-31(2)4-3-24-21(32)22-29-19(30-34-22)15-10-25-20-18(26-11-27-20)17(15)28-16-13-5-12-6-14(16)9-23(33,7-12)8-13/h10-14,16,33H,3-9H2,1-2H3,(H,24,32)(H2,25,26,27,28)/t12?,13-,14+,16?,23?. The number of H-pyrrole nitrogens is 1. The molecule has 1 amide bonds. The fourth-order valence-electron chi connectivity index (χ4n) is 6.49. The number of aromatic nitrogens is 5. The number of amides is 1. The quantitative estimate of drug-likeness (QED) is 0.408. The molecule has 34 heavy (non-hydrogen) atoms. The van der Waals surface area contributed by atoms with Crippen molar-refractivity contribution in [3.8, 4) is 11.4 Å². The lowest BCUT2D eigenvalue weighted by atomic mass is 9.52. The molecule has 0 radical (unpaired) electrons. The number of aliphatic hydroxyl groups is 1. The van der Waals surface area contributed by atoms with Crippen LogP contribution in [0.4, 0.5) is 5.69 Å². The van der Waals surface area contributed by atoms with E-state index in [1.165, 1.54) is 0 Å². The Labute approximate surface area is 196 Å². The van der Waals surface area contributed by atoms with Gasteiger partial charge in [-0.15, -0.1) is 0 Å². The molecule has 3 unspecified atom stereocenters. The number of aromatic amines is 1. The summed E-state index contributed by atoms with van der Waals surface area (Å²) in [5, 5.41) is 21.6. The smallest absolute Gasteiger partial charge is 0.316 e. The number of likely N-dealkylation sites (N-methyl/N-ethyl adjacent to an activating group) is 1. The first-order valence-electron chi connectivity index (χ1n) is 12.0. The topological polar surface area (TPSA) is 145 Å². The number of rotatable bonds is 7. The largest absolute Gasteiger partial charge is 0.390 e. The van der Waals surface area contributed by atoms with Crippen LogP contribution in [0.2, 0.25) is 0 Å². The first kappa shape index (κ1) is 21.5. The molecule has 3 aromatic rings. The Bertz CT molecular complexity index is 1200. The van der Waals surface area contributed by atoms with Crippen molar-refractivity contribution in [1.82, 2.24) is 35.3 Å². The van der Waals surface area contributed by atoms with Gasteiger partial charge in [-0.1, -0.05) is 5.16 Å². The van der Waals surface area contributed by atoms with Gasteiger partial charge in [0.05, 0.1) is 23.2 Å². The van der Waals surface area contributed by atoms with Crippen LogP contribution in [0.15, 0.2) is 17.0 Å². The third kappa shape index (κ3) is 3.72. The number of hydrogen-bond acceptors (Lipinski definition) is 9. The molecule has 3 aromatic heterocycles. The zero-order valence-corrected chi connectivity index (χ0v) is 19.4. The highest BCUT2D eigenvalue weighted by Gasteiger charge is 2.54. The van der Waals surface area contributed by atoms with Gasteiger partial charge in [0, 0.05) is 25.3 Å². The predicted molar refractivity (Wildman–Crippen MR) is 124 cm³/mol. The first-order chi connectivity index (χ1) is 16.4. The maximum Gasteiger partial charge on any atom is 0.316 e. The lowest BCUT2D eigenvalue weighted by Gasteiger charge is -2.58. The molecule has 0 saturated heterocycles. The lowest BCUT2D eigenvalue weighted by Crippen LogP contribution is -2.59. The van der Waals surface area contributed by atoms with Crippen LogP contribution in [0.5, 0.6) is 0 Å². The molecule has 0 spiro atoms. The van der Waals surface area contributed by atoms with Crippen LogP contribution >= 0.6 is 0 Å². The summed E-state index contributed by atoms with van der Waals surface area (Å²) in [6, 6.07) is 0.241. The monoisotopic (exact) mass is 466 g/mol. The van der Waals surface area contributed by atoms with E-state index < -0.39 is 11.5 Å². The molecule has 4 saturated carbocycles. The molecule has 4 fully saturated rings. The molecule has 3 heterocycles. The van der Waals surface area contributed by atoms with Crippen molar-refractivity contribution >= 4 is 22.8 Å². The second-order valence-corrected chi connectivity index (χ2v) is 10.5. The SMILES string of the molecule is CN(C)CCNC(=O)c1nc(-c2cnc3nc[nH]c3c2NC2[C@@H]3CC4C[C@H]2CC(O)(C4)C3)no1. The van der Waals surface area contributed by atoms with Gasteiger partial charge in [-0.2, -0.15) is 4.98 Å². The van der Waals surface area contributed by atoms with Crippen LogP contribution in [-0.4, -0.2) is 79.8 Å². The van der Waals surface area contributed by atoms with Crippen LogP contribution in [0.3, 0.4) is 0 Å². The zero-order chi connectivity index (χ0) is 23.4. The molecule has 5 atom stereocenters. The number of hydrogen-bond donors (Lipinski definition) is 4. The van der Waals surface area contributed by atoms with E-state index in [0.29, 0.717) is 47.9 Å². The van der Waals surface area contributed by atoms with E-state index in [1.54, 1.807) is 12.5 Å². The van der Waals surface area contributed by atoms with E-state index in [4.69, 9.17) is 4.52 Å². The van der Waals surface area contributed by atoms with Crippen LogP contribution < -0.4 is 10.6 Å². The highest BCUT2D eigenvalue weighted by molar-refractivity contribution is 5.95. The average Bonchev–Trinajstić information content (AvgIpc) is 3.44. The third-order valence-corrected chi connectivity index (χ3v) is 7.71. The van der Waals surface area contributed by atoms with E-state index >= 15 is 0 Å². The number of carbonyl (C=O) groups excluding carboxylic acids is 1. The van der Waals surface area contributed by atoms with Gasteiger partial charge in [-0.05, 0) is 64.0 Å². The number of pyridine rings is 1. The summed E-state index contributed by atoms with van der Waals surface area (Å²) in [4.78, 5) is 30.7. The Balaban J connectivity index is 1.29. The number of imidazole rings is 1. The summed E-state index contributed by atoms with van der Waals surface area (Å²) in [5.74, 6) is 1.26. The van der Waals surface area contributed by atoms with Crippen LogP contribution in [0.1, 0.15) is 42.8 Å². The van der Waals surface area contributed by atoms with Crippen molar-refractivity contribution in [2.45, 2.75) is 43.7 Å². The van der Waals surface area contributed by atoms with Crippen LogP contribution in [0, 0.1) is 17.8 Å². The minimum Gasteiger partial charge on any atom is -0.390 e. The number of nitrogens with one attached hydrogen (secondary N) is 3. The molecule has 0 aliphatic heterocycles. The Hall–Kier alpha value is -3.05.